The number of nitrogens with zero attached hydrogens (tertiary/aromatic N) is 2. The van der Waals surface area contributed by atoms with E-state index in [1.54, 1.807) is 26.4 Å². The number of rotatable bonds is 8. The summed E-state index contributed by atoms with van der Waals surface area (Å²) < 4.78 is 23.8. The smallest absolute Gasteiger partial charge is 0.218 e. The highest BCUT2D eigenvalue weighted by molar-refractivity contribution is 5.79. The monoisotopic (exact) mass is 346 g/mol. The van der Waals surface area contributed by atoms with E-state index in [4.69, 9.17) is 9.47 Å². The number of halogens is 1. The average molecular weight is 346 g/mol. The molecule has 0 saturated heterocycles. The predicted octanol–water partition coefficient (Wildman–Crippen LogP) is 2.11. The standard InChI is InChI=1S/C18H23FN4O2/c1-20-18(22-12-14-5-3-7-16(19)11-14)23-13-15-6-4-8-21-17(15)25-10-9-24-2/h3-8,11H,9-10,12-13H2,1-2H3,(H2,20,22,23). The number of methoxy groups -OCH3 is 1. The molecule has 25 heavy (non-hydrogen) atoms. The van der Waals surface area contributed by atoms with Gasteiger partial charge >= 0.3 is 0 Å². The summed E-state index contributed by atoms with van der Waals surface area (Å²) in [5.74, 6) is 0.916. The highest BCUT2D eigenvalue weighted by Crippen LogP contribution is 2.13. The van der Waals surface area contributed by atoms with E-state index >= 15 is 0 Å². The van der Waals surface area contributed by atoms with Gasteiger partial charge in [0.25, 0.3) is 0 Å². The maximum Gasteiger partial charge on any atom is 0.218 e. The van der Waals surface area contributed by atoms with Crippen LogP contribution in [-0.2, 0) is 17.8 Å². The Morgan fingerprint density at radius 3 is 2.76 bits per heavy atom. The van der Waals surface area contributed by atoms with Crippen LogP contribution in [0.3, 0.4) is 0 Å². The summed E-state index contributed by atoms with van der Waals surface area (Å²) in [4.78, 5) is 8.40. The topological polar surface area (TPSA) is 67.8 Å². The fraction of sp³-hybridized carbons (Fsp3) is 0.333. The summed E-state index contributed by atoms with van der Waals surface area (Å²) in [5, 5.41) is 6.34. The molecule has 0 saturated carbocycles. The van der Waals surface area contributed by atoms with Crippen LogP contribution in [0.2, 0.25) is 0 Å². The molecular weight excluding hydrogens is 323 g/mol. The van der Waals surface area contributed by atoms with Crippen molar-refractivity contribution < 1.29 is 13.9 Å². The van der Waals surface area contributed by atoms with Crippen molar-refractivity contribution >= 4 is 5.96 Å². The SMILES string of the molecule is CN=C(NCc1cccc(F)c1)NCc1cccnc1OCCOC. The number of aliphatic imine (C=N–C) groups is 1. The van der Waals surface area contributed by atoms with Crippen LogP contribution in [0, 0.1) is 5.82 Å². The van der Waals surface area contributed by atoms with E-state index in [9.17, 15) is 4.39 Å². The molecule has 0 fully saturated rings. The van der Waals surface area contributed by atoms with Crippen molar-refractivity contribution in [2.24, 2.45) is 4.99 Å². The molecule has 0 aliphatic rings. The molecule has 0 aliphatic heterocycles. The molecule has 0 spiro atoms. The van der Waals surface area contributed by atoms with Gasteiger partial charge in [-0.3, -0.25) is 4.99 Å². The first kappa shape index (κ1) is 18.7. The minimum atomic E-state index is -0.254. The first-order valence-corrected chi connectivity index (χ1v) is 7.97. The zero-order chi connectivity index (χ0) is 17.9. The second-order valence-electron chi connectivity index (χ2n) is 5.22. The molecule has 0 aliphatic carbocycles. The van der Waals surface area contributed by atoms with Gasteiger partial charge in [0.2, 0.25) is 5.88 Å². The van der Waals surface area contributed by atoms with Crippen LogP contribution in [0.5, 0.6) is 5.88 Å². The average Bonchev–Trinajstić information content (AvgIpc) is 2.63. The zero-order valence-electron chi connectivity index (χ0n) is 14.5. The van der Waals surface area contributed by atoms with Crippen molar-refractivity contribution in [1.82, 2.24) is 15.6 Å². The molecule has 2 N–H and O–H groups in total. The third kappa shape index (κ3) is 6.39. The number of benzene rings is 1. The van der Waals surface area contributed by atoms with Crippen molar-refractivity contribution in [3.05, 3.63) is 59.5 Å². The molecule has 7 heteroatoms. The molecule has 0 bridgehead atoms. The van der Waals surface area contributed by atoms with E-state index in [-0.39, 0.29) is 5.82 Å². The minimum Gasteiger partial charge on any atom is -0.475 e. The lowest BCUT2D eigenvalue weighted by molar-refractivity contribution is 0.143. The summed E-state index contributed by atoms with van der Waals surface area (Å²) in [5.41, 5.74) is 1.75. The quantitative estimate of drug-likeness (QED) is 0.435. The van der Waals surface area contributed by atoms with Gasteiger partial charge in [-0.05, 0) is 23.8 Å². The Hall–Kier alpha value is -2.67. The third-order valence-corrected chi connectivity index (χ3v) is 3.40. The van der Waals surface area contributed by atoms with E-state index in [2.05, 4.69) is 20.6 Å². The summed E-state index contributed by atoms with van der Waals surface area (Å²) in [7, 11) is 3.30. The van der Waals surface area contributed by atoms with Gasteiger partial charge in [0.05, 0.1) is 6.61 Å². The van der Waals surface area contributed by atoms with E-state index in [1.807, 2.05) is 18.2 Å². The summed E-state index contributed by atoms with van der Waals surface area (Å²) in [6.45, 7) is 1.91. The number of pyridine rings is 1. The molecule has 134 valence electrons. The number of hydrogen-bond acceptors (Lipinski definition) is 4. The first-order valence-electron chi connectivity index (χ1n) is 7.97. The summed E-state index contributed by atoms with van der Waals surface area (Å²) in [6, 6.07) is 10.2. The number of aromatic nitrogens is 1. The second-order valence-corrected chi connectivity index (χ2v) is 5.22. The van der Waals surface area contributed by atoms with Crippen LogP contribution < -0.4 is 15.4 Å². The molecule has 2 rings (SSSR count). The van der Waals surface area contributed by atoms with E-state index in [1.165, 1.54) is 12.1 Å². The van der Waals surface area contributed by atoms with Crippen LogP contribution in [0.4, 0.5) is 4.39 Å². The summed E-state index contributed by atoms with van der Waals surface area (Å²) in [6.07, 6.45) is 1.68. The highest BCUT2D eigenvalue weighted by atomic mass is 19.1. The fourth-order valence-electron chi connectivity index (χ4n) is 2.14. The third-order valence-electron chi connectivity index (χ3n) is 3.40. The molecule has 0 amide bonds. The maximum atomic E-state index is 13.2. The molecule has 0 unspecified atom stereocenters. The zero-order valence-corrected chi connectivity index (χ0v) is 14.5. The molecular formula is C18H23FN4O2. The Balaban J connectivity index is 1.88. The van der Waals surface area contributed by atoms with Crippen LogP contribution in [0.25, 0.3) is 0 Å². The minimum absolute atomic E-state index is 0.254. The van der Waals surface area contributed by atoms with E-state index in [0.29, 0.717) is 38.1 Å². The molecule has 1 heterocycles. The highest BCUT2D eigenvalue weighted by Gasteiger charge is 2.06. The van der Waals surface area contributed by atoms with Gasteiger partial charge in [0.15, 0.2) is 5.96 Å². The predicted molar refractivity (Wildman–Crippen MR) is 95.0 cm³/mol. The lowest BCUT2D eigenvalue weighted by atomic mass is 10.2. The lowest BCUT2D eigenvalue weighted by Crippen LogP contribution is -2.36. The van der Waals surface area contributed by atoms with Crippen LogP contribution in [0.1, 0.15) is 11.1 Å². The molecule has 0 atom stereocenters. The molecule has 2 aromatic rings. The second kappa shape index (κ2) is 10.2. The van der Waals surface area contributed by atoms with E-state index < -0.39 is 0 Å². The van der Waals surface area contributed by atoms with Gasteiger partial charge in [-0.1, -0.05) is 18.2 Å². The number of nitrogens with one attached hydrogen (secondary N) is 2. The normalized spacial score (nSPS) is 11.2. The van der Waals surface area contributed by atoms with Crippen molar-refractivity contribution in [3.8, 4) is 5.88 Å². The number of hydrogen-bond donors (Lipinski definition) is 2. The maximum absolute atomic E-state index is 13.2. The Morgan fingerprint density at radius 2 is 2.00 bits per heavy atom. The van der Waals surface area contributed by atoms with Gasteiger partial charge in [-0.15, -0.1) is 0 Å². The van der Waals surface area contributed by atoms with E-state index in [0.717, 1.165) is 11.1 Å². The van der Waals surface area contributed by atoms with Gasteiger partial charge in [-0.25, -0.2) is 9.37 Å². The van der Waals surface area contributed by atoms with Crippen molar-refractivity contribution in [1.29, 1.82) is 0 Å². The van der Waals surface area contributed by atoms with Crippen molar-refractivity contribution in [2.75, 3.05) is 27.4 Å². The largest absolute Gasteiger partial charge is 0.475 e. The van der Waals surface area contributed by atoms with Crippen LogP contribution in [0.15, 0.2) is 47.6 Å². The molecule has 6 nitrogen and oxygen atoms in total. The van der Waals surface area contributed by atoms with Gasteiger partial charge in [0, 0.05) is 39.0 Å². The fourth-order valence-corrected chi connectivity index (χ4v) is 2.14. The Labute approximate surface area is 147 Å². The Morgan fingerprint density at radius 1 is 1.16 bits per heavy atom. The molecule has 1 aromatic heterocycles. The first-order chi connectivity index (χ1) is 12.2. The summed E-state index contributed by atoms with van der Waals surface area (Å²) >= 11 is 0. The van der Waals surface area contributed by atoms with Crippen LogP contribution >= 0.6 is 0 Å². The number of ether oxygens (including phenoxy) is 2. The van der Waals surface area contributed by atoms with Crippen molar-refractivity contribution in [3.63, 3.8) is 0 Å². The van der Waals surface area contributed by atoms with Gasteiger partial charge < -0.3 is 20.1 Å². The molecule has 0 radical (unpaired) electrons. The molecule has 1 aromatic carbocycles. The van der Waals surface area contributed by atoms with Crippen molar-refractivity contribution in [2.45, 2.75) is 13.1 Å². The Bertz CT molecular complexity index is 694. The van der Waals surface area contributed by atoms with Gasteiger partial charge in [-0.2, -0.15) is 0 Å². The number of guanidine groups is 1. The Kier molecular flexibility index (Phi) is 7.65. The van der Waals surface area contributed by atoms with Crippen LogP contribution in [-0.4, -0.2) is 38.3 Å². The van der Waals surface area contributed by atoms with Gasteiger partial charge in [0.1, 0.15) is 12.4 Å². The lowest BCUT2D eigenvalue weighted by Gasteiger charge is -2.14.